The Morgan fingerprint density at radius 3 is 2.79 bits per heavy atom. The summed E-state index contributed by atoms with van der Waals surface area (Å²) in [5.74, 6) is 0.386. The van der Waals surface area contributed by atoms with Crippen LogP contribution in [0.2, 0.25) is 5.02 Å². The number of aromatic amines is 1. The van der Waals surface area contributed by atoms with E-state index in [9.17, 15) is 4.79 Å². The summed E-state index contributed by atoms with van der Waals surface area (Å²) in [5, 5.41) is 3.52. The molecular formula is C20H20ClN5O2. The van der Waals surface area contributed by atoms with Crippen LogP contribution in [0.25, 0.3) is 11.5 Å². The number of aromatic nitrogens is 3. The molecule has 0 spiro atoms. The lowest BCUT2D eigenvalue weighted by Crippen LogP contribution is -2.35. The van der Waals surface area contributed by atoms with Crippen molar-refractivity contribution in [2.45, 2.75) is 6.54 Å². The largest absolute Gasteiger partial charge is 0.379 e. The predicted octanol–water partition coefficient (Wildman–Crippen LogP) is 3.21. The highest BCUT2D eigenvalue weighted by atomic mass is 35.5. The first kappa shape index (κ1) is 18.6. The fourth-order valence-corrected chi connectivity index (χ4v) is 3.30. The molecule has 2 N–H and O–H groups in total. The first-order chi connectivity index (χ1) is 13.7. The Hall–Kier alpha value is -2.74. The normalized spacial score (nSPS) is 14.8. The number of ether oxygens (including phenoxy) is 1. The maximum atomic E-state index is 12.6. The number of amides is 1. The van der Waals surface area contributed by atoms with E-state index in [2.05, 4.69) is 25.2 Å². The van der Waals surface area contributed by atoms with Gasteiger partial charge in [-0.1, -0.05) is 17.7 Å². The van der Waals surface area contributed by atoms with E-state index in [0.29, 0.717) is 27.8 Å². The van der Waals surface area contributed by atoms with E-state index in [1.807, 2.05) is 12.1 Å². The summed E-state index contributed by atoms with van der Waals surface area (Å²) in [4.78, 5) is 26.3. The number of hydrogen-bond acceptors (Lipinski definition) is 5. The second-order valence-corrected chi connectivity index (χ2v) is 6.92. The highest BCUT2D eigenvalue weighted by Crippen LogP contribution is 2.23. The number of hydrogen-bond donors (Lipinski definition) is 2. The maximum absolute atomic E-state index is 12.6. The first-order valence-electron chi connectivity index (χ1n) is 9.05. The average Bonchev–Trinajstić information content (AvgIpc) is 3.26. The molecule has 7 nitrogen and oxygen atoms in total. The maximum Gasteiger partial charge on any atom is 0.255 e. The summed E-state index contributed by atoms with van der Waals surface area (Å²) < 4.78 is 5.37. The fraction of sp³-hybridized carbons (Fsp3) is 0.250. The van der Waals surface area contributed by atoms with E-state index in [-0.39, 0.29) is 5.91 Å². The van der Waals surface area contributed by atoms with Crippen LogP contribution < -0.4 is 5.32 Å². The summed E-state index contributed by atoms with van der Waals surface area (Å²) in [6.07, 6.45) is 4.94. The monoisotopic (exact) mass is 397 g/mol. The summed E-state index contributed by atoms with van der Waals surface area (Å²) in [7, 11) is 0. The number of carbonyl (C=O) groups excluding carboxylic acids is 1. The van der Waals surface area contributed by atoms with Gasteiger partial charge in [0.1, 0.15) is 5.69 Å². The van der Waals surface area contributed by atoms with Crippen molar-refractivity contribution in [1.29, 1.82) is 0 Å². The highest BCUT2D eigenvalue weighted by molar-refractivity contribution is 6.31. The van der Waals surface area contributed by atoms with E-state index >= 15 is 0 Å². The van der Waals surface area contributed by atoms with Gasteiger partial charge in [0.15, 0.2) is 5.82 Å². The number of morpholine rings is 1. The lowest BCUT2D eigenvalue weighted by molar-refractivity contribution is 0.0342. The van der Waals surface area contributed by atoms with Crippen LogP contribution in [-0.4, -0.2) is 52.1 Å². The second-order valence-electron chi connectivity index (χ2n) is 6.52. The van der Waals surface area contributed by atoms with Gasteiger partial charge in [0.2, 0.25) is 0 Å². The number of H-pyrrole nitrogens is 1. The van der Waals surface area contributed by atoms with Gasteiger partial charge >= 0.3 is 0 Å². The Labute approximate surface area is 167 Å². The zero-order valence-electron chi connectivity index (χ0n) is 15.2. The number of nitrogens with zero attached hydrogens (tertiary/aromatic N) is 3. The molecular weight excluding hydrogens is 378 g/mol. The number of nitrogens with one attached hydrogen (secondary N) is 2. The molecule has 1 saturated heterocycles. The van der Waals surface area contributed by atoms with Gasteiger partial charge in [0.25, 0.3) is 5.91 Å². The van der Waals surface area contributed by atoms with Crippen LogP contribution in [0.1, 0.15) is 15.9 Å². The minimum Gasteiger partial charge on any atom is -0.379 e. The Bertz CT molecular complexity index is 955. The molecule has 3 aromatic rings. The smallest absolute Gasteiger partial charge is 0.255 e. The standard InChI is InChI=1S/C20H20ClN5O2/c21-17-12-16(2-1-15(17)13-26-7-9-28-10-8-26)25-20(27)14-3-4-22-18(11-14)19-23-5-6-24-19/h1-6,11-12H,7-10,13H2,(H,23,24)(H,25,27). The molecule has 4 rings (SSSR count). The van der Waals surface area contributed by atoms with Crippen molar-refractivity contribution in [3.05, 3.63) is 65.1 Å². The Morgan fingerprint density at radius 2 is 2.04 bits per heavy atom. The number of benzene rings is 1. The Morgan fingerprint density at radius 1 is 1.18 bits per heavy atom. The number of rotatable bonds is 5. The molecule has 2 aromatic heterocycles. The van der Waals surface area contributed by atoms with Crippen molar-refractivity contribution in [2.24, 2.45) is 0 Å². The van der Waals surface area contributed by atoms with E-state index in [1.165, 1.54) is 0 Å². The van der Waals surface area contributed by atoms with Gasteiger partial charge in [-0.15, -0.1) is 0 Å². The molecule has 1 amide bonds. The van der Waals surface area contributed by atoms with Crippen molar-refractivity contribution in [3.8, 4) is 11.5 Å². The van der Waals surface area contributed by atoms with Crippen LogP contribution in [-0.2, 0) is 11.3 Å². The number of imidazole rings is 1. The lowest BCUT2D eigenvalue weighted by Gasteiger charge is -2.27. The second kappa shape index (κ2) is 8.52. The highest BCUT2D eigenvalue weighted by Gasteiger charge is 2.14. The van der Waals surface area contributed by atoms with Crippen molar-refractivity contribution in [1.82, 2.24) is 19.9 Å². The summed E-state index contributed by atoms with van der Waals surface area (Å²) >= 11 is 6.44. The van der Waals surface area contributed by atoms with Gasteiger partial charge in [-0.25, -0.2) is 4.98 Å². The van der Waals surface area contributed by atoms with Crippen LogP contribution in [0.15, 0.2) is 48.9 Å². The van der Waals surface area contributed by atoms with E-state index in [4.69, 9.17) is 16.3 Å². The SMILES string of the molecule is O=C(Nc1ccc(CN2CCOCC2)c(Cl)c1)c1ccnc(-c2ncc[nH]2)c1. The Balaban J connectivity index is 1.44. The number of carbonyl (C=O) groups is 1. The van der Waals surface area contributed by atoms with Crippen molar-refractivity contribution < 1.29 is 9.53 Å². The van der Waals surface area contributed by atoms with Gasteiger partial charge in [-0.3, -0.25) is 14.7 Å². The molecule has 28 heavy (non-hydrogen) atoms. The van der Waals surface area contributed by atoms with Crippen molar-refractivity contribution in [2.75, 3.05) is 31.6 Å². The van der Waals surface area contributed by atoms with Gasteiger partial charge < -0.3 is 15.0 Å². The van der Waals surface area contributed by atoms with E-state index in [0.717, 1.165) is 38.4 Å². The fourth-order valence-electron chi connectivity index (χ4n) is 3.06. The van der Waals surface area contributed by atoms with Crippen LogP contribution in [0, 0.1) is 0 Å². The van der Waals surface area contributed by atoms with Gasteiger partial charge in [0.05, 0.1) is 13.2 Å². The molecule has 0 bridgehead atoms. The summed E-state index contributed by atoms with van der Waals surface area (Å²) in [6, 6.07) is 8.96. The van der Waals surface area contributed by atoms with E-state index in [1.54, 1.807) is 36.8 Å². The van der Waals surface area contributed by atoms with Crippen LogP contribution >= 0.6 is 11.6 Å². The molecule has 144 valence electrons. The van der Waals surface area contributed by atoms with E-state index < -0.39 is 0 Å². The quantitative estimate of drug-likeness (QED) is 0.690. The predicted molar refractivity (Wildman–Crippen MR) is 107 cm³/mol. The van der Waals surface area contributed by atoms with Crippen LogP contribution in [0.3, 0.4) is 0 Å². The summed E-state index contributed by atoms with van der Waals surface area (Å²) in [5.41, 5.74) is 2.79. The Kier molecular flexibility index (Phi) is 5.66. The number of pyridine rings is 1. The number of halogens is 1. The molecule has 0 unspecified atom stereocenters. The van der Waals surface area contributed by atoms with Gasteiger partial charge in [-0.05, 0) is 29.8 Å². The molecule has 0 atom stereocenters. The molecule has 1 aliphatic heterocycles. The molecule has 0 radical (unpaired) electrons. The number of anilines is 1. The zero-order chi connectivity index (χ0) is 19.3. The van der Waals surface area contributed by atoms with Gasteiger partial charge in [0, 0.05) is 54.5 Å². The topological polar surface area (TPSA) is 83.1 Å². The van der Waals surface area contributed by atoms with Gasteiger partial charge in [-0.2, -0.15) is 0 Å². The lowest BCUT2D eigenvalue weighted by atomic mass is 10.1. The third-order valence-electron chi connectivity index (χ3n) is 4.57. The molecule has 0 aliphatic carbocycles. The molecule has 1 aromatic carbocycles. The molecule has 1 fully saturated rings. The minimum absolute atomic E-state index is 0.229. The van der Waals surface area contributed by atoms with Crippen molar-refractivity contribution in [3.63, 3.8) is 0 Å². The molecule has 3 heterocycles. The van der Waals surface area contributed by atoms with Crippen LogP contribution in [0.4, 0.5) is 5.69 Å². The average molecular weight is 398 g/mol. The zero-order valence-corrected chi connectivity index (χ0v) is 15.9. The molecule has 1 aliphatic rings. The summed E-state index contributed by atoms with van der Waals surface area (Å²) in [6.45, 7) is 4.06. The van der Waals surface area contributed by atoms with Crippen molar-refractivity contribution >= 4 is 23.2 Å². The third kappa shape index (κ3) is 4.39. The molecule has 0 saturated carbocycles. The minimum atomic E-state index is -0.229. The first-order valence-corrected chi connectivity index (χ1v) is 9.42. The molecule has 8 heteroatoms. The van der Waals surface area contributed by atoms with Crippen LogP contribution in [0.5, 0.6) is 0 Å². The third-order valence-corrected chi connectivity index (χ3v) is 4.92.